The van der Waals surface area contributed by atoms with E-state index in [0.717, 1.165) is 45.7 Å². The van der Waals surface area contributed by atoms with Gasteiger partial charge in [0.1, 0.15) is 24.7 Å². The van der Waals surface area contributed by atoms with E-state index in [1.54, 1.807) is 34.9 Å². The average Bonchev–Trinajstić information content (AvgIpc) is 3.63. The zero-order chi connectivity index (χ0) is 28.5. The molecule has 2 atom stereocenters. The number of aromatic carboxylic acids is 1. The number of methoxy groups -OCH3 is 1. The summed E-state index contributed by atoms with van der Waals surface area (Å²) in [6.45, 7) is 3.38. The molecule has 9 nitrogen and oxygen atoms in total. The highest BCUT2D eigenvalue weighted by atomic mass is 16.6. The molecule has 41 heavy (non-hydrogen) atoms. The number of aromatic nitrogens is 2. The van der Waals surface area contributed by atoms with Gasteiger partial charge in [0.2, 0.25) is 0 Å². The van der Waals surface area contributed by atoms with E-state index in [4.69, 9.17) is 14.2 Å². The van der Waals surface area contributed by atoms with E-state index >= 15 is 0 Å². The third kappa shape index (κ3) is 5.35. The van der Waals surface area contributed by atoms with Crippen LogP contribution in [-0.4, -0.2) is 53.8 Å². The molecule has 1 aliphatic heterocycles. The summed E-state index contributed by atoms with van der Waals surface area (Å²) in [6.07, 6.45) is 4.44. The minimum atomic E-state index is -0.953. The van der Waals surface area contributed by atoms with E-state index < -0.39 is 5.97 Å². The van der Waals surface area contributed by atoms with Crippen LogP contribution in [0.4, 0.5) is 10.5 Å². The molecule has 3 aromatic carbocycles. The fourth-order valence-electron chi connectivity index (χ4n) is 5.65. The van der Waals surface area contributed by atoms with Gasteiger partial charge in [0.15, 0.2) is 0 Å². The van der Waals surface area contributed by atoms with Crippen molar-refractivity contribution in [3.63, 3.8) is 0 Å². The Morgan fingerprint density at radius 2 is 1.85 bits per heavy atom. The maximum atomic E-state index is 13.2. The number of hydrogen-bond acceptors (Lipinski definition) is 6. The summed E-state index contributed by atoms with van der Waals surface area (Å²) in [7, 11) is 1.62. The molecule has 6 rings (SSSR count). The maximum absolute atomic E-state index is 13.2. The third-order valence-corrected chi connectivity index (χ3v) is 7.79. The van der Waals surface area contributed by atoms with Gasteiger partial charge in [0.05, 0.1) is 31.1 Å². The molecule has 2 heterocycles. The molecule has 4 aromatic rings. The highest BCUT2D eigenvalue weighted by Crippen LogP contribution is 2.57. The lowest BCUT2D eigenvalue weighted by molar-refractivity contribution is 0.0696. The van der Waals surface area contributed by atoms with Crippen molar-refractivity contribution in [3.05, 3.63) is 95.3 Å². The third-order valence-electron chi connectivity index (χ3n) is 7.79. The average molecular weight is 554 g/mol. The quantitative estimate of drug-likeness (QED) is 0.263. The van der Waals surface area contributed by atoms with E-state index in [1.165, 1.54) is 0 Å². The predicted octanol–water partition coefficient (Wildman–Crippen LogP) is 5.75. The first-order chi connectivity index (χ1) is 19.9. The van der Waals surface area contributed by atoms with Crippen molar-refractivity contribution in [3.8, 4) is 22.6 Å². The number of ether oxygens (including phenoxy) is 3. The van der Waals surface area contributed by atoms with Crippen LogP contribution in [0, 0.1) is 12.8 Å². The van der Waals surface area contributed by atoms with Gasteiger partial charge in [-0.25, -0.2) is 9.59 Å². The Labute approximate surface area is 237 Å². The largest absolute Gasteiger partial charge is 0.496 e. The van der Waals surface area contributed by atoms with Gasteiger partial charge in [-0.15, -0.1) is 0 Å². The van der Waals surface area contributed by atoms with Crippen LogP contribution in [0.3, 0.4) is 0 Å². The van der Waals surface area contributed by atoms with Crippen LogP contribution in [0.15, 0.2) is 73.1 Å². The minimum Gasteiger partial charge on any atom is -0.496 e. The van der Waals surface area contributed by atoms with Crippen molar-refractivity contribution in [2.75, 3.05) is 31.8 Å². The molecule has 2 aliphatic rings. The van der Waals surface area contributed by atoms with Gasteiger partial charge in [-0.2, -0.15) is 5.10 Å². The highest BCUT2D eigenvalue weighted by molar-refractivity contribution is 5.92. The molecular formula is C32H31N3O6. The summed E-state index contributed by atoms with van der Waals surface area (Å²) >= 11 is 0. The van der Waals surface area contributed by atoms with E-state index in [2.05, 4.69) is 11.2 Å². The molecule has 1 amide bonds. The molecule has 0 unspecified atom stereocenters. The Morgan fingerprint density at radius 3 is 2.68 bits per heavy atom. The minimum absolute atomic E-state index is 0.130. The highest BCUT2D eigenvalue weighted by Gasteiger charge is 2.48. The van der Waals surface area contributed by atoms with Gasteiger partial charge >= 0.3 is 12.1 Å². The molecule has 0 spiro atoms. The Morgan fingerprint density at radius 1 is 1.05 bits per heavy atom. The second-order valence-corrected chi connectivity index (χ2v) is 10.4. The summed E-state index contributed by atoms with van der Waals surface area (Å²) in [5.74, 6) is 1.30. The number of fused-ring (bicyclic) bond motifs is 3. The van der Waals surface area contributed by atoms with Crippen molar-refractivity contribution in [2.24, 2.45) is 5.92 Å². The van der Waals surface area contributed by atoms with E-state index in [1.807, 2.05) is 55.7 Å². The van der Waals surface area contributed by atoms with Crippen LogP contribution in [0.2, 0.25) is 0 Å². The molecule has 0 radical (unpaired) electrons. The monoisotopic (exact) mass is 553 g/mol. The molecule has 1 N–H and O–H groups in total. The standard InChI is InChI=1S/C32H31N3O6/c1-20-28(39-2)10-5-11-29(20)40-12-13-41-32(38)35-19-23-15-26(23)30-25(8-4-9-27(30)35)24-16-33-34(18-24)17-21-6-3-7-22(14-21)31(36)37/h3-11,14,16,18,23,26H,12-13,15,17,19H2,1-2H3,(H,36,37)/t23-,26-/m0/s1. The Bertz CT molecular complexity index is 1610. The molecule has 9 heteroatoms. The van der Waals surface area contributed by atoms with Crippen LogP contribution in [0.5, 0.6) is 11.5 Å². The number of rotatable bonds is 9. The summed E-state index contributed by atoms with van der Waals surface area (Å²) in [5, 5.41) is 13.8. The van der Waals surface area contributed by atoms with Gasteiger partial charge in [-0.1, -0.05) is 30.3 Å². The lowest BCUT2D eigenvalue weighted by Gasteiger charge is -2.29. The Balaban J connectivity index is 1.15. The lowest BCUT2D eigenvalue weighted by atomic mass is 9.93. The first-order valence-corrected chi connectivity index (χ1v) is 13.6. The summed E-state index contributed by atoms with van der Waals surface area (Å²) in [5.41, 5.74) is 6.04. The van der Waals surface area contributed by atoms with Gasteiger partial charge in [0, 0.05) is 23.9 Å². The van der Waals surface area contributed by atoms with Gasteiger partial charge in [-0.05, 0) is 72.2 Å². The molecule has 1 fully saturated rings. The first-order valence-electron chi connectivity index (χ1n) is 13.6. The zero-order valence-electron chi connectivity index (χ0n) is 22.9. The SMILES string of the molecule is COc1cccc(OCCOC(=O)N2C[C@@H]3C[C@@H]3c3c(-c4cnn(Cc5cccc(C(=O)O)c5)c4)cccc32)c1C. The number of carboxylic acid groups (broad SMARTS) is 1. The molecule has 210 valence electrons. The number of anilines is 1. The van der Waals surface area contributed by atoms with Crippen LogP contribution >= 0.6 is 0 Å². The van der Waals surface area contributed by atoms with Crippen LogP contribution < -0.4 is 14.4 Å². The number of carboxylic acids is 1. The number of hydrogen-bond donors (Lipinski definition) is 1. The molecular weight excluding hydrogens is 522 g/mol. The first kappa shape index (κ1) is 26.4. The summed E-state index contributed by atoms with van der Waals surface area (Å²) in [4.78, 5) is 26.3. The normalized spacial score (nSPS) is 16.9. The van der Waals surface area contributed by atoms with Gasteiger partial charge < -0.3 is 19.3 Å². The number of nitrogens with zero attached hydrogens (tertiary/aromatic N) is 3. The van der Waals surface area contributed by atoms with Crippen LogP contribution in [-0.2, 0) is 11.3 Å². The van der Waals surface area contributed by atoms with Crippen LogP contribution in [0.1, 0.15) is 39.4 Å². The Kier molecular flexibility index (Phi) is 7.09. The van der Waals surface area contributed by atoms with E-state index in [9.17, 15) is 14.7 Å². The second-order valence-electron chi connectivity index (χ2n) is 10.4. The number of carbonyl (C=O) groups excluding carboxylic acids is 1. The number of benzene rings is 3. The van der Waals surface area contributed by atoms with Crippen molar-refractivity contribution >= 4 is 17.7 Å². The lowest BCUT2D eigenvalue weighted by Crippen LogP contribution is -2.37. The van der Waals surface area contributed by atoms with E-state index in [-0.39, 0.29) is 24.9 Å². The van der Waals surface area contributed by atoms with Crippen molar-refractivity contribution in [1.82, 2.24) is 9.78 Å². The maximum Gasteiger partial charge on any atom is 0.414 e. The summed E-state index contributed by atoms with van der Waals surface area (Å²) in [6, 6.07) is 18.5. The molecule has 1 aliphatic carbocycles. The Hall–Kier alpha value is -4.79. The van der Waals surface area contributed by atoms with Gasteiger partial charge in [-0.3, -0.25) is 9.58 Å². The smallest absolute Gasteiger partial charge is 0.414 e. The van der Waals surface area contributed by atoms with Crippen molar-refractivity contribution in [2.45, 2.75) is 25.8 Å². The van der Waals surface area contributed by atoms with Crippen molar-refractivity contribution in [1.29, 1.82) is 0 Å². The number of carbonyl (C=O) groups is 2. The second kappa shape index (κ2) is 11.0. The molecule has 1 aromatic heterocycles. The molecule has 0 bridgehead atoms. The molecule has 1 saturated carbocycles. The predicted molar refractivity (Wildman–Crippen MR) is 153 cm³/mol. The number of amides is 1. The molecule has 0 saturated heterocycles. The van der Waals surface area contributed by atoms with Crippen LogP contribution in [0.25, 0.3) is 11.1 Å². The van der Waals surface area contributed by atoms with Crippen molar-refractivity contribution < 1.29 is 28.9 Å². The fourth-order valence-corrected chi connectivity index (χ4v) is 5.65. The zero-order valence-corrected chi connectivity index (χ0v) is 22.9. The van der Waals surface area contributed by atoms with E-state index in [0.29, 0.717) is 30.7 Å². The van der Waals surface area contributed by atoms with Gasteiger partial charge in [0.25, 0.3) is 0 Å². The fraction of sp³-hybridized carbons (Fsp3) is 0.281. The topological polar surface area (TPSA) is 103 Å². The summed E-state index contributed by atoms with van der Waals surface area (Å²) < 4.78 is 18.6.